The van der Waals surface area contributed by atoms with E-state index in [1.165, 1.54) is 25.2 Å². The topological polar surface area (TPSA) is 105 Å². The van der Waals surface area contributed by atoms with Crippen molar-refractivity contribution in [3.8, 4) is 5.75 Å². The molecular weight excluding hydrogens is 348 g/mol. The second-order valence-corrected chi connectivity index (χ2v) is 5.36. The Bertz CT molecular complexity index is 795. The van der Waals surface area contributed by atoms with Crippen LogP contribution in [0.5, 0.6) is 5.75 Å². The van der Waals surface area contributed by atoms with E-state index in [1.807, 2.05) is 0 Å². The van der Waals surface area contributed by atoms with Crippen LogP contribution in [-0.2, 0) is 9.53 Å². The van der Waals surface area contributed by atoms with Crippen molar-refractivity contribution in [1.29, 1.82) is 0 Å². The Labute approximate surface area is 148 Å². The largest absolute Gasteiger partial charge is 0.507 e. The normalized spacial score (nSPS) is 11.3. The molecule has 0 radical (unpaired) electrons. The molecule has 8 heteroatoms. The van der Waals surface area contributed by atoms with Gasteiger partial charge in [0, 0.05) is 17.6 Å². The lowest BCUT2D eigenvalue weighted by Gasteiger charge is -2.18. The number of hydrogen-bond donors (Lipinski definition) is 3. The zero-order valence-electron chi connectivity index (χ0n) is 13.2. The number of carbonyl (C=O) groups is 3. The first kappa shape index (κ1) is 18.3. The average Bonchev–Trinajstić information content (AvgIpc) is 2.61. The molecule has 0 aliphatic rings. The highest BCUT2D eigenvalue weighted by molar-refractivity contribution is 6.31. The number of aromatic hydroxyl groups is 1. The molecule has 2 aromatic carbocycles. The van der Waals surface area contributed by atoms with Crippen LogP contribution in [-0.4, -0.2) is 30.1 Å². The van der Waals surface area contributed by atoms with E-state index in [4.69, 9.17) is 16.3 Å². The van der Waals surface area contributed by atoms with Crippen molar-refractivity contribution in [1.82, 2.24) is 10.6 Å². The van der Waals surface area contributed by atoms with Gasteiger partial charge < -0.3 is 15.2 Å². The number of benzene rings is 2. The maximum Gasteiger partial charge on any atom is 0.343 e. The van der Waals surface area contributed by atoms with E-state index in [-0.39, 0.29) is 16.3 Å². The molecule has 0 spiro atoms. The Hall–Kier alpha value is -3.06. The fourth-order valence-electron chi connectivity index (χ4n) is 1.98. The lowest BCUT2D eigenvalue weighted by atomic mass is 10.1. The molecule has 0 saturated carbocycles. The Kier molecular flexibility index (Phi) is 5.97. The standard InChI is InChI=1S/C17H15ClN2O5/c1-19-17(24)20-15(22)14(10-5-3-2-4-6-10)25-16(23)12-9-11(18)7-8-13(12)21/h2-9,14,21H,1H3,(H2,19,20,22,24)/t14-/m1/s1. The maximum atomic E-state index is 12.3. The second-order valence-electron chi connectivity index (χ2n) is 4.93. The van der Waals surface area contributed by atoms with Crippen molar-refractivity contribution >= 4 is 29.5 Å². The van der Waals surface area contributed by atoms with E-state index in [0.29, 0.717) is 5.56 Å². The van der Waals surface area contributed by atoms with E-state index < -0.39 is 24.0 Å². The van der Waals surface area contributed by atoms with E-state index in [2.05, 4.69) is 10.6 Å². The minimum absolute atomic E-state index is 0.193. The highest BCUT2D eigenvalue weighted by atomic mass is 35.5. The molecule has 0 heterocycles. The molecule has 3 N–H and O–H groups in total. The Balaban J connectivity index is 2.29. The van der Waals surface area contributed by atoms with Gasteiger partial charge in [-0.2, -0.15) is 0 Å². The van der Waals surface area contributed by atoms with E-state index in [1.54, 1.807) is 30.3 Å². The molecule has 25 heavy (non-hydrogen) atoms. The molecule has 0 aliphatic carbocycles. The van der Waals surface area contributed by atoms with Crippen LogP contribution >= 0.6 is 11.6 Å². The van der Waals surface area contributed by atoms with Gasteiger partial charge in [-0.1, -0.05) is 41.9 Å². The zero-order chi connectivity index (χ0) is 18.4. The van der Waals surface area contributed by atoms with Gasteiger partial charge >= 0.3 is 12.0 Å². The van der Waals surface area contributed by atoms with Gasteiger partial charge in [0.15, 0.2) is 0 Å². The smallest absolute Gasteiger partial charge is 0.343 e. The summed E-state index contributed by atoms with van der Waals surface area (Å²) >= 11 is 5.81. The molecule has 2 aromatic rings. The highest BCUT2D eigenvalue weighted by Gasteiger charge is 2.28. The van der Waals surface area contributed by atoms with E-state index >= 15 is 0 Å². The minimum Gasteiger partial charge on any atom is -0.507 e. The first-order valence-electron chi connectivity index (χ1n) is 7.19. The van der Waals surface area contributed by atoms with Crippen molar-refractivity contribution < 1.29 is 24.2 Å². The number of phenolic OH excluding ortho intramolecular Hbond substituents is 1. The maximum absolute atomic E-state index is 12.3. The molecular formula is C17H15ClN2O5. The summed E-state index contributed by atoms with van der Waals surface area (Å²) in [5.74, 6) is -2.13. The van der Waals surface area contributed by atoms with Crippen molar-refractivity contribution in [2.45, 2.75) is 6.10 Å². The van der Waals surface area contributed by atoms with Crippen molar-refractivity contribution in [2.24, 2.45) is 0 Å². The summed E-state index contributed by atoms with van der Waals surface area (Å²) < 4.78 is 5.22. The Morgan fingerprint density at radius 3 is 2.44 bits per heavy atom. The number of halogens is 1. The lowest BCUT2D eigenvalue weighted by molar-refractivity contribution is -0.129. The molecule has 0 bridgehead atoms. The third-order valence-electron chi connectivity index (χ3n) is 3.21. The number of nitrogens with one attached hydrogen (secondary N) is 2. The predicted molar refractivity (Wildman–Crippen MR) is 90.3 cm³/mol. The third kappa shape index (κ3) is 4.71. The number of phenols is 1. The zero-order valence-corrected chi connectivity index (χ0v) is 13.9. The van der Waals surface area contributed by atoms with Crippen LogP contribution in [0.4, 0.5) is 4.79 Å². The van der Waals surface area contributed by atoms with Gasteiger partial charge in [0.1, 0.15) is 11.3 Å². The second kappa shape index (κ2) is 8.16. The number of hydrogen-bond acceptors (Lipinski definition) is 5. The van der Waals surface area contributed by atoms with Crippen molar-refractivity contribution in [3.63, 3.8) is 0 Å². The predicted octanol–water partition coefficient (Wildman–Crippen LogP) is 2.40. The van der Waals surface area contributed by atoms with Gasteiger partial charge in [-0.25, -0.2) is 9.59 Å². The summed E-state index contributed by atoms with van der Waals surface area (Å²) in [6, 6.07) is 11.3. The Morgan fingerprint density at radius 2 is 1.80 bits per heavy atom. The number of ether oxygens (including phenoxy) is 1. The van der Waals surface area contributed by atoms with Crippen molar-refractivity contribution in [3.05, 3.63) is 64.7 Å². The summed E-state index contributed by atoms with van der Waals surface area (Å²) in [6.07, 6.45) is -1.38. The first-order valence-corrected chi connectivity index (χ1v) is 7.57. The number of amides is 3. The van der Waals surface area contributed by atoms with Gasteiger partial charge in [-0.3, -0.25) is 10.1 Å². The summed E-state index contributed by atoms with van der Waals surface area (Å²) in [5.41, 5.74) is 0.167. The van der Waals surface area contributed by atoms with Gasteiger partial charge in [0.05, 0.1) is 0 Å². The quantitative estimate of drug-likeness (QED) is 0.724. The molecule has 1 atom stereocenters. The SMILES string of the molecule is CNC(=O)NC(=O)[C@H](OC(=O)c1cc(Cl)ccc1O)c1ccccc1. The van der Waals surface area contributed by atoms with Gasteiger partial charge in [0.25, 0.3) is 5.91 Å². The third-order valence-corrected chi connectivity index (χ3v) is 3.44. The number of rotatable bonds is 4. The van der Waals surface area contributed by atoms with Crippen LogP contribution < -0.4 is 10.6 Å². The van der Waals surface area contributed by atoms with E-state index in [9.17, 15) is 19.5 Å². The molecule has 0 aromatic heterocycles. The summed E-state index contributed by atoms with van der Waals surface area (Å²) in [7, 11) is 1.34. The van der Waals surface area contributed by atoms with Gasteiger partial charge in [-0.15, -0.1) is 0 Å². The highest BCUT2D eigenvalue weighted by Crippen LogP contribution is 2.25. The molecule has 0 aliphatic heterocycles. The first-order chi connectivity index (χ1) is 11.9. The Morgan fingerprint density at radius 1 is 1.12 bits per heavy atom. The summed E-state index contributed by atoms with van der Waals surface area (Å²) in [6.45, 7) is 0. The lowest BCUT2D eigenvalue weighted by Crippen LogP contribution is -2.41. The monoisotopic (exact) mass is 362 g/mol. The average molecular weight is 363 g/mol. The molecule has 0 unspecified atom stereocenters. The summed E-state index contributed by atoms with van der Waals surface area (Å²) in [4.78, 5) is 36.0. The molecule has 2 rings (SSSR count). The molecule has 130 valence electrons. The minimum atomic E-state index is -1.38. The number of urea groups is 1. The fourth-order valence-corrected chi connectivity index (χ4v) is 2.16. The summed E-state index contributed by atoms with van der Waals surface area (Å²) in [5, 5.41) is 14.3. The molecule has 7 nitrogen and oxygen atoms in total. The molecule has 3 amide bonds. The van der Waals surface area contributed by atoms with Gasteiger partial charge in [-0.05, 0) is 18.2 Å². The van der Waals surface area contributed by atoms with Crippen LogP contribution in [0, 0.1) is 0 Å². The van der Waals surface area contributed by atoms with Crippen LogP contribution in [0.25, 0.3) is 0 Å². The van der Waals surface area contributed by atoms with Crippen LogP contribution in [0.1, 0.15) is 22.0 Å². The molecule has 0 saturated heterocycles. The van der Waals surface area contributed by atoms with Gasteiger partial charge in [0.2, 0.25) is 6.10 Å². The molecule has 0 fully saturated rings. The number of imide groups is 1. The van der Waals surface area contributed by atoms with Crippen LogP contribution in [0.3, 0.4) is 0 Å². The number of carbonyl (C=O) groups excluding carboxylic acids is 3. The van der Waals surface area contributed by atoms with E-state index in [0.717, 1.165) is 0 Å². The number of esters is 1. The fraction of sp³-hybridized carbons (Fsp3) is 0.118. The van der Waals surface area contributed by atoms with Crippen LogP contribution in [0.15, 0.2) is 48.5 Å². The van der Waals surface area contributed by atoms with Crippen LogP contribution in [0.2, 0.25) is 5.02 Å². The van der Waals surface area contributed by atoms with Crippen molar-refractivity contribution in [2.75, 3.05) is 7.05 Å².